The highest BCUT2D eigenvalue weighted by molar-refractivity contribution is 7.53. The van der Waals surface area contributed by atoms with Crippen LogP contribution >= 0.6 is 7.60 Å². The molecule has 0 aromatic heterocycles. The van der Waals surface area contributed by atoms with E-state index in [1.807, 2.05) is 24.3 Å². The van der Waals surface area contributed by atoms with Crippen molar-refractivity contribution in [2.24, 2.45) is 0 Å². The van der Waals surface area contributed by atoms with Gasteiger partial charge in [-0.3, -0.25) is 9.36 Å². The predicted octanol–water partition coefficient (Wildman–Crippen LogP) is 5.45. The highest BCUT2D eigenvalue weighted by atomic mass is 31.2. The standard InChI is InChI=1S/C29H52NO7P/c1-6-7-8-9-10-11-12-13-14-15-22-35-27-18-16-26(17-19-27)23-28(37-25(2)32)24-36-38(33,34)29(20-21-31)30(3,4)5/h16-19,28-29H,6-15,20-24H2,1-5H3,(H,33,34). The summed E-state index contributed by atoms with van der Waals surface area (Å²) in [5.41, 5.74) is 0.890. The van der Waals surface area contributed by atoms with Crippen molar-refractivity contribution in [3.8, 4) is 5.75 Å². The number of unbranched alkanes of at least 4 members (excludes halogenated alkanes) is 9. The zero-order valence-electron chi connectivity index (χ0n) is 24.4. The zero-order valence-corrected chi connectivity index (χ0v) is 25.3. The average Bonchev–Trinajstić information content (AvgIpc) is 2.84. The van der Waals surface area contributed by atoms with Gasteiger partial charge in [0, 0.05) is 13.3 Å². The summed E-state index contributed by atoms with van der Waals surface area (Å²) in [5, 5.41) is 11.2. The van der Waals surface area contributed by atoms with Gasteiger partial charge in [0.2, 0.25) is 0 Å². The third kappa shape index (κ3) is 15.2. The highest BCUT2D eigenvalue weighted by Crippen LogP contribution is 2.51. The molecule has 220 valence electrons. The summed E-state index contributed by atoms with van der Waals surface area (Å²) in [6.07, 6.45) is 12.4. The number of esters is 1. The Hall–Kier alpha value is -1.44. The summed E-state index contributed by atoms with van der Waals surface area (Å²) in [6, 6.07) is 7.57. The van der Waals surface area contributed by atoms with Gasteiger partial charge in [0.15, 0.2) is 5.78 Å². The molecule has 0 aliphatic rings. The Bertz CT molecular complexity index is 810. The molecule has 0 radical (unpaired) electrons. The molecule has 1 rings (SSSR count). The van der Waals surface area contributed by atoms with Gasteiger partial charge >= 0.3 is 13.6 Å². The molecule has 9 heteroatoms. The van der Waals surface area contributed by atoms with Crippen molar-refractivity contribution in [2.75, 3.05) is 41.0 Å². The molecular formula is C29H52NO7P. The molecule has 0 heterocycles. The molecule has 0 aliphatic heterocycles. The maximum absolute atomic E-state index is 12.9. The number of nitrogens with zero attached hydrogens (tertiary/aromatic N) is 1. The lowest BCUT2D eigenvalue weighted by Gasteiger charge is -2.36. The predicted molar refractivity (Wildman–Crippen MR) is 150 cm³/mol. The van der Waals surface area contributed by atoms with Crippen molar-refractivity contribution in [2.45, 2.75) is 103 Å². The van der Waals surface area contributed by atoms with Crippen molar-refractivity contribution < 1.29 is 37.8 Å². The summed E-state index contributed by atoms with van der Waals surface area (Å²) in [4.78, 5) is 22.2. The molecule has 3 atom stereocenters. The minimum absolute atomic E-state index is 0.0100. The monoisotopic (exact) mass is 557 g/mol. The first-order chi connectivity index (χ1) is 18.0. The summed E-state index contributed by atoms with van der Waals surface area (Å²) < 4.78 is 29.7. The fourth-order valence-corrected chi connectivity index (χ4v) is 6.36. The molecule has 0 saturated heterocycles. The Morgan fingerprint density at radius 2 is 1.53 bits per heavy atom. The summed E-state index contributed by atoms with van der Waals surface area (Å²) in [7, 11) is 1.12. The van der Waals surface area contributed by atoms with E-state index in [1.54, 1.807) is 21.1 Å². The number of rotatable bonds is 22. The van der Waals surface area contributed by atoms with Crippen LogP contribution in [-0.2, 0) is 25.0 Å². The Balaban J connectivity index is 2.47. The third-order valence-electron chi connectivity index (χ3n) is 6.58. The van der Waals surface area contributed by atoms with Gasteiger partial charge in [-0.25, -0.2) is 0 Å². The maximum atomic E-state index is 12.9. The second-order valence-electron chi connectivity index (χ2n) is 11.1. The Morgan fingerprint density at radius 1 is 0.974 bits per heavy atom. The van der Waals surface area contributed by atoms with Gasteiger partial charge in [0.1, 0.15) is 11.9 Å². The number of hydrogen-bond acceptors (Lipinski definition) is 6. The van der Waals surface area contributed by atoms with E-state index < -0.39 is 32.1 Å². The van der Waals surface area contributed by atoms with Gasteiger partial charge in [0.05, 0.1) is 34.4 Å². The number of hydrogen-bond donors (Lipinski definition) is 1. The lowest BCUT2D eigenvalue weighted by Crippen LogP contribution is -2.46. The molecule has 1 N–H and O–H groups in total. The van der Waals surface area contributed by atoms with Crippen LogP contribution in [0.5, 0.6) is 5.75 Å². The van der Waals surface area contributed by atoms with Crippen molar-refractivity contribution in [3.63, 3.8) is 0 Å². The molecular weight excluding hydrogens is 505 g/mol. The van der Waals surface area contributed by atoms with Crippen molar-refractivity contribution in [1.29, 1.82) is 0 Å². The number of benzene rings is 1. The molecule has 0 bridgehead atoms. The van der Waals surface area contributed by atoms with Crippen molar-refractivity contribution in [1.82, 2.24) is 0 Å². The molecule has 0 aliphatic carbocycles. The molecule has 0 saturated carbocycles. The van der Waals surface area contributed by atoms with E-state index in [0.29, 0.717) is 13.0 Å². The van der Waals surface area contributed by atoms with E-state index in [1.165, 1.54) is 64.7 Å². The smallest absolute Gasteiger partial charge is 0.385 e. The van der Waals surface area contributed by atoms with E-state index in [4.69, 9.17) is 14.0 Å². The van der Waals surface area contributed by atoms with Gasteiger partial charge in [-0.1, -0.05) is 76.8 Å². The van der Waals surface area contributed by atoms with Gasteiger partial charge in [-0.15, -0.1) is 6.61 Å². The second-order valence-corrected chi connectivity index (χ2v) is 13.0. The fraction of sp³-hybridized carbons (Fsp3) is 0.759. The van der Waals surface area contributed by atoms with Crippen molar-refractivity contribution in [3.05, 3.63) is 29.8 Å². The first-order valence-corrected chi connectivity index (χ1v) is 15.9. The van der Waals surface area contributed by atoms with Gasteiger partial charge in [-0.05, 0) is 30.5 Å². The van der Waals surface area contributed by atoms with Crippen LogP contribution in [0, 0.1) is 0 Å². The van der Waals surface area contributed by atoms with Crippen LogP contribution in [0.1, 0.15) is 90.0 Å². The normalized spacial score (nSPS) is 15.0. The van der Waals surface area contributed by atoms with Crippen LogP contribution in [0.4, 0.5) is 0 Å². The van der Waals surface area contributed by atoms with E-state index >= 15 is 0 Å². The van der Waals surface area contributed by atoms with Crippen LogP contribution in [0.3, 0.4) is 0 Å². The lowest BCUT2D eigenvalue weighted by molar-refractivity contribution is -0.884. The average molecular weight is 558 g/mol. The largest absolute Gasteiger partial charge is 0.854 e. The summed E-state index contributed by atoms with van der Waals surface area (Å²) >= 11 is 0. The highest BCUT2D eigenvalue weighted by Gasteiger charge is 2.42. The first kappa shape index (κ1) is 34.6. The van der Waals surface area contributed by atoms with Crippen molar-refractivity contribution >= 4 is 13.6 Å². The van der Waals surface area contributed by atoms with Crippen LogP contribution in [0.2, 0.25) is 0 Å². The van der Waals surface area contributed by atoms with Crippen LogP contribution < -0.4 is 9.84 Å². The van der Waals surface area contributed by atoms with E-state index in [0.717, 1.165) is 17.7 Å². The van der Waals surface area contributed by atoms with Crippen LogP contribution in [0.25, 0.3) is 0 Å². The molecule has 0 amide bonds. The molecule has 0 fully saturated rings. The minimum Gasteiger partial charge on any atom is -0.854 e. The van der Waals surface area contributed by atoms with Gasteiger partial charge in [-0.2, -0.15) is 0 Å². The number of carbonyl (C=O) groups excluding carboxylic acids is 1. The number of carbonyl (C=O) groups is 1. The van der Waals surface area contributed by atoms with Gasteiger partial charge in [0.25, 0.3) is 0 Å². The first-order valence-electron chi connectivity index (χ1n) is 14.2. The third-order valence-corrected chi connectivity index (χ3v) is 8.80. The fourth-order valence-electron chi connectivity index (χ4n) is 4.50. The molecule has 0 spiro atoms. The lowest BCUT2D eigenvalue weighted by atomic mass is 10.1. The number of quaternary nitrogens is 1. The van der Waals surface area contributed by atoms with E-state index in [2.05, 4.69) is 6.92 Å². The SMILES string of the molecule is CCCCCCCCCCCCOc1ccc(CC(COP(=O)(O)C(CC[O-])[N+](C)(C)C)OC(C)=O)cc1. The Labute approximate surface area is 230 Å². The maximum Gasteiger partial charge on any atom is 0.385 e. The Kier molecular flexibility index (Phi) is 17.1. The van der Waals surface area contributed by atoms with Gasteiger partial charge < -0.3 is 28.5 Å². The van der Waals surface area contributed by atoms with E-state index in [9.17, 15) is 19.4 Å². The number of ether oxygens (including phenoxy) is 2. The van der Waals surface area contributed by atoms with Crippen LogP contribution in [0.15, 0.2) is 24.3 Å². The molecule has 1 aromatic rings. The summed E-state index contributed by atoms with van der Waals surface area (Å²) in [6.45, 7) is 3.51. The molecule has 38 heavy (non-hydrogen) atoms. The van der Waals surface area contributed by atoms with E-state index in [-0.39, 0.29) is 17.5 Å². The molecule has 3 unspecified atom stereocenters. The minimum atomic E-state index is -4.12. The Morgan fingerprint density at radius 3 is 2.03 bits per heavy atom. The second kappa shape index (κ2) is 18.8. The molecule has 1 aromatic carbocycles. The summed E-state index contributed by atoms with van der Waals surface area (Å²) in [5.74, 6) is -0.566. The quantitative estimate of drug-likeness (QED) is 0.0875. The van der Waals surface area contributed by atoms with Crippen LogP contribution in [-0.4, -0.2) is 68.2 Å². The zero-order chi connectivity index (χ0) is 28.4. The molecule has 8 nitrogen and oxygen atoms in total. The topological polar surface area (TPSA) is 105 Å².